The number of anilines is 2. The van der Waals surface area contributed by atoms with Crippen molar-refractivity contribution < 1.29 is 17.9 Å². The Morgan fingerprint density at radius 2 is 1.75 bits per heavy atom. The van der Waals surface area contributed by atoms with Crippen LogP contribution in [0.5, 0.6) is 0 Å². The van der Waals surface area contributed by atoms with E-state index in [0.29, 0.717) is 17.4 Å². The third kappa shape index (κ3) is 4.04. The molecular weight excluding hydrogens is 367 g/mol. The number of halogens is 3. The quantitative estimate of drug-likeness (QED) is 0.704. The van der Waals surface area contributed by atoms with E-state index in [2.05, 4.69) is 39.5 Å². The molecule has 7 heteroatoms. The lowest BCUT2D eigenvalue weighted by Crippen LogP contribution is -2.36. The Balaban J connectivity index is 1.48. The minimum atomic E-state index is -4.37. The van der Waals surface area contributed by atoms with Crippen molar-refractivity contribution in [1.82, 2.24) is 4.98 Å². The lowest BCUT2D eigenvalue weighted by atomic mass is 10.1. The van der Waals surface area contributed by atoms with Gasteiger partial charge in [-0.15, -0.1) is 0 Å². The Morgan fingerprint density at radius 1 is 1.00 bits per heavy atom. The molecular formula is C21H20F3N3O. The second kappa shape index (κ2) is 7.67. The number of nitrogens with one attached hydrogen (secondary N) is 1. The molecule has 0 spiro atoms. The van der Waals surface area contributed by atoms with Crippen molar-refractivity contribution in [3.8, 4) is 0 Å². The molecule has 2 aromatic carbocycles. The van der Waals surface area contributed by atoms with Crippen LogP contribution in [0.25, 0.3) is 10.9 Å². The number of hydrogen-bond donors (Lipinski definition) is 1. The zero-order valence-corrected chi connectivity index (χ0v) is 15.2. The van der Waals surface area contributed by atoms with Gasteiger partial charge in [0.1, 0.15) is 0 Å². The van der Waals surface area contributed by atoms with Gasteiger partial charge in [0.25, 0.3) is 0 Å². The van der Waals surface area contributed by atoms with E-state index >= 15 is 0 Å². The molecule has 28 heavy (non-hydrogen) atoms. The second-order valence-corrected chi connectivity index (χ2v) is 6.71. The van der Waals surface area contributed by atoms with Crippen LogP contribution in [0.15, 0.2) is 54.7 Å². The van der Waals surface area contributed by atoms with E-state index in [9.17, 15) is 13.2 Å². The Hall–Kier alpha value is -2.80. The highest BCUT2D eigenvalue weighted by atomic mass is 19.4. The Bertz CT molecular complexity index is 951. The van der Waals surface area contributed by atoms with Gasteiger partial charge in [0, 0.05) is 42.6 Å². The summed E-state index contributed by atoms with van der Waals surface area (Å²) < 4.78 is 44.1. The van der Waals surface area contributed by atoms with Crippen molar-refractivity contribution in [1.29, 1.82) is 0 Å². The smallest absolute Gasteiger partial charge is 0.380 e. The zero-order valence-electron chi connectivity index (χ0n) is 15.2. The molecule has 146 valence electrons. The molecule has 0 saturated carbocycles. The fourth-order valence-corrected chi connectivity index (χ4v) is 3.32. The number of nitrogens with zero attached hydrogens (tertiary/aromatic N) is 2. The Kier molecular flexibility index (Phi) is 5.09. The van der Waals surface area contributed by atoms with Gasteiger partial charge in [-0.25, -0.2) is 0 Å². The molecule has 0 aliphatic carbocycles. The highest BCUT2D eigenvalue weighted by Crippen LogP contribution is 2.32. The van der Waals surface area contributed by atoms with Crippen LogP contribution >= 0.6 is 0 Å². The highest BCUT2D eigenvalue weighted by Gasteiger charge is 2.30. The van der Waals surface area contributed by atoms with E-state index < -0.39 is 11.7 Å². The van der Waals surface area contributed by atoms with Gasteiger partial charge in [-0.3, -0.25) is 4.98 Å². The summed E-state index contributed by atoms with van der Waals surface area (Å²) in [6, 6.07) is 13.7. The summed E-state index contributed by atoms with van der Waals surface area (Å²) in [4.78, 5) is 6.37. The summed E-state index contributed by atoms with van der Waals surface area (Å²) in [5.41, 5.74) is 2.65. The van der Waals surface area contributed by atoms with Crippen molar-refractivity contribution in [2.75, 3.05) is 36.5 Å². The van der Waals surface area contributed by atoms with Crippen LogP contribution in [0.4, 0.5) is 24.5 Å². The summed E-state index contributed by atoms with van der Waals surface area (Å²) in [5, 5.41) is 3.97. The Morgan fingerprint density at radius 3 is 2.46 bits per heavy atom. The number of alkyl halides is 3. The average Bonchev–Trinajstić information content (AvgIpc) is 2.72. The lowest BCUT2D eigenvalue weighted by Gasteiger charge is -2.28. The van der Waals surface area contributed by atoms with E-state index in [-0.39, 0.29) is 0 Å². The number of ether oxygens (including phenoxy) is 1. The summed E-state index contributed by atoms with van der Waals surface area (Å²) in [6.07, 6.45) is -2.85. The van der Waals surface area contributed by atoms with E-state index in [1.165, 1.54) is 18.0 Å². The molecule has 4 nitrogen and oxygen atoms in total. The molecule has 2 heterocycles. The van der Waals surface area contributed by atoms with Gasteiger partial charge in [0.2, 0.25) is 0 Å². The highest BCUT2D eigenvalue weighted by molar-refractivity contribution is 5.91. The SMILES string of the molecule is FC(F)(F)c1ccc2c(NCc3ccc(N4CCOCC4)cc3)ccnc2c1. The third-order valence-electron chi connectivity index (χ3n) is 4.87. The number of pyridine rings is 1. The fourth-order valence-electron chi connectivity index (χ4n) is 3.32. The molecule has 1 fully saturated rings. The molecule has 1 aromatic heterocycles. The van der Waals surface area contributed by atoms with Gasteiger partial charge in [0.15, 0.2) is 0 Å². The van der Waals surface area contributed by atoms with Crippen LogP contribution in [0, 0.1) is 0 Å². The van der Waals surface area contributed by atoms with Crippen molar-refractivity contribution in [3.63, 3.8) is 0 Å². The lowest BCUT2D eigenvalue weighted by molar-refractivity contribution is -0.137. The maximum absolute atomic E-state index is 12.9. The predicted molar refractivity (Wildman–Crippen MR) is 104 cm³/mol. The molecule has 0 atom stereocenters. The normalized spacial score (nSPS) is 15.0. The third-order valence-corrected chi connectivity index (χ3v) is 4.87. The van der Waals surface area contributed by atoms with Crippen molar-refractivity contribution in [2.45, 2.75) is 12.7 Å². The maximum Gasteiger partial charge on any atom is 0.416 e. The molecule has 0 radical (unpaired) electrons. The summed E-state index contributed by atoms with van der Waals surface area (Å²) >= 11 is 0. The average molecular weight is 387 g/mol. The van der Waals surface area contributed by atoms with Crippen LogP contribution < -0.4 is 10.2 Å². The van der Waals surface area contributed by atoms with Gasteiger partial charge in [-0.2, -0.15) is 13.2 Å². The molecule has 0 unspecified atom stereocenters. The van der Waals surface area contributed by atoms with Crippen LogP contribution in [0.1, 0.15) is 11.1 Å². The first-order valence-corrected chi connectivity index (χ1v) is 9.12. The van der Waals surface area contributed by atoms with Crippen molar-refractivity contribution >= 4 is 22.3 Å². The fraction of sp³-hybridized carbons (Fsp3) is 0.286. The van der Waals surface area contributed by atoms with Crippen molar-refractivity contribution in [2.24, 2.45) is 0 Å². The zero-order chi connectivity index (χ0) is 19.6. The molecule has 4 rings (SSSR count). The monoisotopic (exact) mass is 387 g/mol. The maximum atomic E-state index is 12.9. The number of aromatic nitrogens is 1. The van der Waals surface area contributed by atoms with Crippen molar-refractivity contribution in [3.05, 3.63) is 65.9 Å². The van der Waals surface area contributed by atoms with E-state index in [4.69, 9.17) is 4.74 Å². The summed E-state index contributed by atoms with van der Waals surface area (Å²) in [6.45, 7) is 3.84. The molecule has 0 bridgehead atoms. The minimum absolute atomic E-state index is 0.322. The van der Waals surface area contributed by atoms with E-state index in [1.807, 2.05) is 0 Å². The minimum Gasteiger partial charge on any atom is -0.380 e. The largest absolute Gasteiger partial charge is 0.416 e. The number of benzene rings is 2. The predicted octanol–water partition coefficient (Wildman–Crippen LogP) is 4.70. The first-order valence-electron chi connectivity index (χ1n) is 9.12. The molecule has 1 N–H and O–H groups in total. The number of fused-ring (bicyclic) bond motifs is 1. The van der Waals surface area contributed by atoms with Crippen LogP contribution in [-0.4, -0.2) is 31.3 Å². The first-order chi connectivity index (χ1) is 13.5. The Labute approximate surface area is 160 Å². The van der Waals surface area contributed by atoms with E-state index in [0.717, 1.165) is 49.7 Å². The van der Waals surface area contributed by atoms with Gasteiger partial charge in [-0.05, 0) is 35.9 Å². The van der Waals surface area contributed by atoms with Gasteiger partial charge in [0.05, 0.1) is 24.3 Å². The topological polar surface area (TPSA) is 37.4 Å². The van der Waals surface area contributed by atoms with Gasteiger partial charge >= 0.3 is 6.18 Å². The number of rotatable bonds is 4. The molecule has 1 aliphatic rings. The standard InChI is InChI=1S/C21H20F3N3O/c22-21(23,24)16-3-6-18-19(7-8-25-20(18)13-16)26-14-15-1-4-17(5-2-15)27-9-11-28-12-10-27/h1-8,13H,9-12,14H2,(H,25,26). The first kappa shape index (κ1) is 18.6. The van der Waals surface area contributed by atoms with Crippen LogP contribution in [0.3, 0.4) is 0 Å². The number of morpholine rings is 1. The summed E-state index contributed by atoms with van der Waals surface area (Å²) in [7, 11) is 0. The molecule has 1 saturated heterocycles. The molecule has 3 aromatic rings. The van der Waals surface area contributed by atoms with Gasteiger partial charge in [-0.1, -0.05) is 18.2 Å². The number of hydrogen-bond acceptors (Lipinski definition) is 4. The summed E-state index contributed by atoms with van der Waals surface area (Å²) in [5.74, 6) is 0. The second-order valence-electron chi connectivity index (χ2n) is 6.71. The van der Waals surface area contributed by atoms with E-state index in [1.54, 1.807) is 6.07 Å². The van der Waals surface area contributed by atoms with Crippen LogP contribution in [0.2, 0.25) is 0 Å². The molecule has 1 aliphatic heterocycles. The van der Waals surface area contributed by atoms with Crippen LogP contribution in [-0.2, 0) is 17.5 Å². The molecule has 0 amide bonds. The van der Waals surface area contributed by atoms with Gasteiger partial charge < -0.3 is 15.0 Å².